The lowest BCUT2D eigenvalue weighted by Gasteiger charge is -2.26. The summed E-state index contributed by atoms with van der Waals surface area (Å²) in [6.07, 6.45) is 7.49. The summed E-state index contributed by atoms with van der Waals surface area (Å²) in [4.78, 5) is 17.7. The molecule has 0 saturated carbocycles. The quantitative estimate of drug-likeness (QED) is 0.853. The normalized spacial score (nSPS) is 16.8. The molecule has 2 aromatic rings. The van der Waals surface area contributed by atoms with E-state index < -0.39 is 0 Å². The zero-order valence-corrected chi connectivity index (χ0v) is 14.6. The SMILES string of the molecule is CCC[C@H](C)NC(=O)CN1CC=C(c2c[nH]c3ccccc23)CC1. The number of hydrogen-bond acceptors (Lipinski definition) is 2. The number of amides is 1. The summed E-state index contributed by atoms with van der Waals surface area (Å²) in [6.45, 7) is 6.48. The molecular formula is C20H27N3O. The lowest BCUT2D eigenvalue weighted by Crippen LogP contribution is -2.42. The highest BCUT2D eigenvalue weighted by Crippen LogP contribution is 2.28. The van der Waals surface area contributed by atoms with Gasteiger partial charge in [-0.1, -0.05) is 37.6 Å². The van der Waals surface area contributed by atoms with Crippen LogP contribution in [0.15, 0.2) is 36.5 Å². The van der Waals surface area contributed by atoms with E-state index in [1.54, 1.807) is 0 Å². The largest absolute Gasteiger partial charge is 0.361 e. The second-order valence-corrected chi connectivity index (χ2v) is 6.72. The first kappa shape index (κ1) is 16.8. The molecular weight excluding hydrogens is 298 g/mol. The smallest absolute Gasteiger partial charge is 0.234 e. The molecule has 1 aliphatic rings. The molecule has 4 nitrogen and oxygen atoms in total. The van der Waals surface area contributed by atoms with E-state index in [9.17, 15) is 4.79 Å². The van der Waals surface area contributed by atoms with Gasteiger partial charge in [0, 0.05) is 41.8 Å². The Labute approximate surface area is 143 Å². The molecule has 0 unspecified atom stereocenters. The standard InChI is InChI=1S/C20H27N3O/c1-3-6-15(2)22-20(24)14-23-11-9-16(10-12-23)18-13-21-19-8-5-4-7-17(18)19/h4-5,7-9,13,15,21H,3,6,10-12,14H2,1-2H3,(H,22,24)/t15-/m0/s1. The fourth-order valence-corrected chi connectivity index (χ4v) is 3.47. The van der Waals surface area contributed by atoms with Crippen molar-refractivity contribution < 1.29 is 4.79 Å². The number of aromatic amines is 1. The van der Waals surface area contributed by atoms with E-state index in [4.69, 9.17) is 0 Å². The molecule has 1 aliphatic heterocycles. The van der Waals surface area contributed by atoms with Crippen LogP contribution in [0.2, 0.25) is 0 Å². The molecule has 24 heavy (non-hydrogen) atoms. The van der Waals surface area contributed by atoms with E-state index in [2.05, 4.69) is 65.6 Å². The van der Waals surface area contributed by atoms with Gasteiger partial charge in [0.1, 0.15) is 0 Å². The summed E-state index contributed by atoms with van der Waals surface area (Å²) in [7, 11) is 0. The summed E-state index contributed by atoms with van der Waals surface area (Å²) in [5, 5.41) is 4.37. The minimum atomic E-state index is 0.139. The van der Waals surface area contributed by atoms with Crippen LogP contribution < -0.4 is 5.32 Å². The third-order valence-corrected chi connectivity index (χ3v) is 4.72. The molecule has 4 heteroatoms. The molecule has 0 radical (unpaired) electrons. The fourth-order valence-electron chi connectivity index (χ4n) is 3.47. The topological polar surface area (TPSA) is 48.1 Å². The summed E-state index contributed by atoms with van der Waals surface area (Å²) in [5.41, 5.74) is 3.86. The predicted molar refractivity (Wildman–Crippen MR) is 99.8 cm³/mol. The van der Waals surface area contributed by atoms with Crippen molar-refractivity contribution in [2.75, 3.05) is 19.6 Å². The lowest BCUT2D eigenvalue weighted by atomic mass is 9.99. The summed E-state index contributed by atoms with van der Waals surface area (Å²) < 4.78 is 0. The lowest BCUT2D eigenvalue weighted by molar-refractivity contribution is -0.122. The van der Waals surface area contributed by atoms with E-state index in [0.29, 0.717) is 6.54 Å². The maximum absolute atomic E-state index is 12.1. The second-order valence-electron chi connectivity index (χ2n) is 6.72. The molecule has 1 aromatic heterocycles. The van der Waals surface area contributed by atoms with Gasteiger partial charge in [-0.05, 0) is 31.4 Å². The number of nitrogens with zero attached hydrogens (tertiary/aromatic N) is 1. The Kier molecular flexibility index (Phi) is 5.36. The summed E-state index contributed by atoms with van der Waals surface area (Å²) >= 11 is 0. The van der Waals surface area contributed by atoms with Crippen molar-refractivity contribution in [3.63, 3.8) is 0 Å². The molecule has 0 aliphatic carbocycles. The van der Waals surface area contributed by atoms with Crippen molar-refractivity contribution in [1.82, 2.24) is 15.2 Å². The number of rotatable bonds is 6. The van der Waals surface area contributed by atoms with E-state index in [0.717, 1.165) is 32.4 Å². The van der Waals surface area contributed by atoms with Crippen molar-refractivity contribution in [3.05, 3.63) is 42.1 Å². The van der Waals surface area contributed by atoms with Crippen LogP contribution in [0.3, 0.4) is 0 Å². The number of benzene rings is 1. The third kappa shape index (κ3) is 3.88. The fraction of sp³-hybridized carbons (Fsp3) is 0.450. The van der Waals surface area contributed by atoms with Crippen LogP contribution in [0.1, 0.15) is 38.7 Å². The van der Waals surface area contributed by atoms with E-state index in [-0.39, 0.29) is 11.9 Å². The van der Waals surface area contributed by atoms with Gasteiger partial charge in [0.05, 0.1) is 6.54 Å². The number of fused-ring (bicyclic) bond motifs is 1. The van der Waals surface area contributed by atoms with Crippen molar-refractivity contribution in [2.45, 2.75) is 39.2 Å². The van der Waals surface area contributed by atoms with Crippen LogP contribution in [0.5, 0.6) is 0 Å². The Morgan fingerprint density at radius 3 is 2.96 bits per heavy atom. The van der Waals surface area contributed by atoms with Gasteiger partial charge in [-0.25, -0.2) is 0 Å². The number of nitrogens with one attached hydrogen (secondary N) is 2. The zero-order chi connectivity index (χ0) is 16.9. The van der Waals surface area contributed by atoms with Crippen molar-refractivity contribution in [3.8, 4) is 0 Å². The van der Waals surface area contributed by atoms with Crippen LogP contribution in [-0.2, 0) is 4.79 Å². The first-order valence-electron chi connectivity index (χ1n) is 8.94. The van der Waals surface area contributed by atoms with E-state index >= 15 is 0 Å². The Bertz CT molecular complexity index is 731. The summed E-state index contributed by atoms with van der Waals surface area (Å²) in [6, 6.07) is 8.67. The highest BCUT2D eigenvalue weighted by atomic mass is 16.2. The van der Waals surface area contributed by atoms with Gasteiger partial charge >= 0.3 is 0 Å². The van der Waals surface area contributed by atoms with Crippen molar-refractivity contribution in [2.24, 2.45) is 0 Å². The minimum absolute atomic E-state index is 0.139. The van der Waals surface area contributed by atoms with Crippen LogP contribution in [0.25, 0.3) is 16.5 Å². The molecule has 1 amide bonds. The maximum Gasteiger partial charge on any atom is 0.234 e. The number of carbonyl (C=O) groups is 1. The Balaban J connectivity index is 1.59. The van der Waals surface area contributed by atoms with Gasteiger partial charge in [0.25, 0.3) is 0 Å². The second kappa shape index (κ2) is 7.67. The monoisotopic (exact) mass is 325 g/mol. The number of para-hydroxylation sites is 1. The number of H-pyrrole nitrogens is 1. The Morgan fingerprint density at radius 1 is 1.38 bits per heavy atom. The molecule has 3 rings (SSSR count). The molecule has 0 spiro atoms. The molecule has 2 heterocycles. The van der Waals surface area contributed by atoms with Gasteiger partial charge in [-0.2, -0.15) is 0 Å². The first-order valence-corrected chi connectivity index (χ1v) is 8.94. The maximum atomic E-state index is 12.1. The highest BCUT2D eigenvalue weighted by Gasteiger charge is 2.18. The molecule has 128 valence electrons. The highest BCUT2D eigenvalue weighted by molar-refractivity contribution is 5.92. The number of carbonyl (C=O) groups excluding carboxylic acids is 1. The summed E-state index contributed by atoms with van der Waals surface area (Å²) in [5.74, 6) is 0.139. The Hall–Kier alpha value is -2.07. The van der Waals surface area contributed by atoms with Gasteiger partial charge in [0.2, 0.25) is 5.91 Å². The average molecular weight is 325 g/mol. The van der Waals surface area contributed by atoms with Crippen molar-refractivity contribution >= 4 is 22.4 Å². The third-order valence-electron chi connectivity index (χ3n) is 4.72. The predicted octanol–water partition coefficient (Wildman–Crippen LogP) is 3.56. The van der Waals surface area contributed by atoms with Gasteiger partial charge in [-0.15, -0.1) is 0 Å². The van der Waals surface area contributed by atoms with Crippen LogP contribution >= 0.6 is 0 Å². The number of aromatic nitrogens is 1. The van der Waals surface area contributed by atoms with Gasteiger partial charge in [-0.3, -0.25) is 9.69 Å². The average Bonchev–Trinajstić information content (AvgIpc) is 2.99. The molecule has 0 saturated heterocycles. The van der Waals surface area contributed by atoms with Crippen molar-refractivity contribution in [1.29, 1.82) is 0 Å². The van der Waals surface area contributed by atoms with Crippen LogP contribution in [-0.4, -0.2) is 41.5 Å². The van der Waals surface area contributed by atoms with Crippen LogP contribution in [0, 0.1) is 0 Å². The van der Waals surface area contributed by atoms with Crippen LogP contribution in [0.4, 0.5) is 0 Å². The zero-order valence-electron chi connectivity index (χ0n) is 14.6. The minimum Gasteiger partial charge on any atom is -0.361 e. The molecule has 1 atom stereocenters. The molecule has 0 bridgehead atoms. The number of hydrogen-bond donors (Lipinski definition) is 2. The van der Waals surface area contributed by atoms with Gasteiger partial charge < -0.3 is 10.3 Å². The van der Waals surface area contributed by atoms with E-state index in [1.165, 1.54) is 22.0 Å². The first-order chi connectivity index (χ1) is 11.7. The van der Waals surface area contributed by atoms with E-state index in [1.807, 2.05) is 0 Å². The molecule has 0 fully saturated rings. The Morgan fingerprint density at radius 2 is 2.21 bits per heavy atom. The molecule has 2 N–H and O–H groups in total. The molecule has 1 aromatic carbocycles. The van der Waals surface area contributed by atoms with Gasteiger partial charge in [0.15, 0.2) is 0 Å².